The number of amides is 1. The van der Waals surface area contributed by atoms with E-state index in [-0.39, 0.29) is 12.7 Å². The van der Waals surface area contributed by atoms with Crippen molar-refractivity contribution in [1.82, 2.24) is 14.9 Å². The molecule has 1 aliphatic rings. The third kappa shape index (κ3) is 4.84. The maximum atomic E-state index is 12.0. The summed E-state index contributed by atoms with van der Waals surface area (Å²) in [6.45, 7) is 7.62. The van der Waals surface area contributed by atoms with Gasteiger partial charge in [0.15, 0.2) is 0 Å². The lowest BCUT2D eigenvalue weighted by atomic mass is 10.1. The van der Waals surface area contributed by atoms with Crippen LogP contribution in [0, 0.1) is 5.92 Å². The molecule has 1 unspecified atom stereocenters. The second-order valence-corrected chi connectivity index (χ2v) is 6.51. The molecule has 122 valence electrons. The first kappa shape index (κ1) is 16.5. The van der Waals surface area contributed by atoms with Gasteiger partial charge in [-0.15, -0.1) is 0 Å². The summed E-state index contributed by atoms with van der Waals surface area (Å²) < 4.78 is 5.38. The first-order valence-electron chi connectivity index (χ1n) is 7.51. The molecule has 0 radical (unpaired) electrons. The Morgan fingerprint density at radius 2 is 2.27 bits per heavy atom. The van der Waals surface area contributed by atoms with Gasteiger partial charge in [0.2, 0.25) is 0 Å². The van der Waals surface area contributed by atoms with Crippen LogP contribution in [0.1, 0.15) is 32.9 Å². The number of carbonyl (C=O) groups is 1. The average molecular weight is 308 g/mol. The SMILES string of the molecule is CC(C)(C)OC(=O)N1CCC(CNc2cc(CO)ncn2)C1. The van der Waals surface area contributed by atoms with Gasteiger partial charge in [-0.05, 0) is 33.1 Å². The maximum Gasteiger partial charge on any atom is 0.410 e. The van der Waals surface area contributed by atoms with E-state index in [1.807, 2.05) is 20.8 Å². The monoisotopic (exact) mass is 308 g/mol. The molecule has 7 nitrogen and oxygen atoms in total. The smallest absolute Gasteiger partial charge is 0.410 e. The summed E-state index contributed by atoms with van der Waals surface area (Å²) in [7, 11) is 0. The average Bonchev–Trinajstić information content (AvgIpc) is 2.92. The highest BCUT2D eigenvalue weighted by Crippen LogP contribution is 2.20. The van der Waals surface area contributed by atoms with Crippen LogP contribution in [0.25, 0.3) is 0 Å². The highest BCUT2D eigenvalue weighted by molar-refractivity contribution is 5.68. The van der Waals surface area contributed by atoms with E-state index in [1.165, 1.54) is 6.33 Å². The summed E-state index contributed by atoms with van der Waals surface area (Å²) in [4.78, 5) is 21.8. The van der Waals surface area contributed by atoms with Gasteiger partial charge in [-0.3, -0.25) is 0 Å². The van der Waals surface area contributed by atoms with Crippen molar-refractivity contribution in [3.05, 3.63) is 18.1 Å². The molecule has 1 atom stereocenters. The molecule has 1 fully saturated rings. The second-order valence-electron chi connectivity index (χ2n) is 6.51. The predicted molar refractivity (Wildman–Crippen MR) is 82.4 cm³/mol. The molecule has 1 aromatic rings. The fourth-order valence-corrected chi connectivity index (χ4v) is 2.32. The summed E-state index contributed by atoms with van der Waals surface area (Å²) in [5, 5.41) is 12.3. The Morgan fingerprint density at radius 1 is 1.50 bits per heavy atom. The lowest BCUT2D eigenvalue weighted by Gasteiger charge is -2.24. The standard InChI is InChI=1S/C15H24N4O3/c1-15(2,3)22-14(21)19-5-4-11(8-19)7-16-13-6-12(9-20)17-10-18-13/h6,10-11,20H,4-5,7-9H2,1-3H3,(H,16,17,18). The summed E-state index contributed by atoms with van der Waals surface area (Å²) in [5.74, 6) is 1.05. The molecular weight excluding hydrogens is 284 g/mol. The van der Waals surface area contributed by atoms with E-state index in [0.717, 1.165) is 13.0 Å². The molecule has 0 aliphatic carbocycles. The third-order valence-corrected chi connectivity index (χ3v) is 3.40. The highest BCUT2D eigenvalue weighted by Gasteiger charge is 2.29. The third-order valence-electron chi connectivity index (χ3n) is 3.40. The quantitative estimate of drug-likeness (QED) is 0.879. The summed E-state index contributed by atoms with van der Waals surface area (Å²) in [6, 6.07) is 1.72. The molecule has 22 heavy (non-hydrogen) atoms. The van der Waals surface area contributed by atoms with E-state index < -0.39 is 5.60 Å². The highest BCUT2D eigenvalue weighted by atomic mass is 16.6. The zero-order valence-electron chi connectivity index (χ0n) is 13.4. The van der Waals surface area contributed by atoms with Crippen LogP contribution in [0.4, 0.5) is 10.6 Å². The van der Waals surface area contributed by atoms with Crippen molar-refractivity contribution in [3.63, 3.8) is 0 Å². The number of aliphatic hydroxyl groups excluding tert-OH is 1. The van der Waals surface area contributed by atoms with Gasteiger partial charge >= 0.3 is 6.09 Å². The van der Waals surface area contributed by atoms with Gasteiger partial charge in [0.25, 0.3) is 0 Å². The topological polar surface area (TPSA) is 87.6 Å². The molecule has 0 aromatic carbocycles. The van der Waals surface area contributed by atoms with Crippen molar-refractivity contribution in [2.45, 2.75) is 39.4 Å². The van der Waals surface area contributed by atoms with Gasteiger partial charge < -0.3 is 20.1 Å². The normalized spacial score (nSPS) is 18.4. The maximum absolute atomic E-state index is 12.0. The van der Waals surface area contributed by atoms with Crippen LogP contribution >= 0.6 is 0 Å². The number of ether oxygens (including phenoxy) is 1. The van der Waals surface area contributed by atoms with E-state index in [0.29, 0.717) is 30.5 Å². The molecule has 0 bridgehead atoms. The van der Waals surface area contributed by atoms with Gasteiger partial charge in [0.1, 0.15) is 17.7 Å². The molecular formula is C15H24N4O3. The predicted octanol–water partition coefficient (Wildman–Crippen LogP) is 1.64. The number of hydrogen-bond donors (Lipinski definition) is 2. The summed E-state index contributed by atoms with van der Waals surface area (Å²) >= 11 is 0. The summed E-state index contributed by atoms with van der Waals surface area (Å²) in [5.41, 5.74) is 0.119. The van der Waals surface area contributed by atoms with Crippen molar-refractivity contribution in [2.24, 2.45) is 5.92 Å². The Balaban J connectivity index is 1.80. The molecule has 2 heterocycles. The van der Waals surface area contributed by atoms with Crippen LogP contribution in [0.2, 0.25) is 0 Å². The minimum absolute atomic E-state index is 0.104. The molecule has 1 aliphatic heterocycles. The first-order valence-corrected chi connectivity index (χ1v) is 7.51. The molecule has 1 amide bonds. The number of anilines is 1. The number of hydrogen-bond acceptors (Lipinski definition) is 6. The number of nitrogens with zero attached hydrogens (tertiary/aromatic N) is 3. The van der Waals surface area contributed by atoms with Crippen molar-refractivity contribution in [2.75, 3.05) is 25.0 Å². The Morgan fingerprint density at radius 3 is 2.95 bits per heavy atom. The van der Waals surface area contributed by atoms with Crippen molar-refractivity contribution < 1.29 is 14.6 Å². The van der Waals surface area contributed by atoms with E-state index in [9.17, 15) is 4.79 Å². The molecule has 0 spiro atoms. The minimum Gasteiger partial charge on any atom is -0.444 e. The number of rotatable bonds is 4. The Bertz CT molecular complexity index is 516. The van der Waals surface area contributed by atoms with Gasteiger partial charge in [-0.1, -0.05) is 0 Å². The van der Waals surface area contributed by atoms with Gasteiger partial charge in [0, 0.05) is 25.7 Å². The van der Waals surface area contributed by atoms with E-state index in [2.05, 4.69) is 15.3 Å². The van der Waals surface area contributed by atoms with Crippen LogP contribution in [0.5, 0.6) is 0 Å². The Kier molecular flexibility index (Phi) is 5.18. The fourth-order valence-electron chi connectivity index (χ4n) is 2.32. The number of likely N-dealkylation sites (tertiary alicyclic amines) is 1. The lowest BCUT2D eigenvalue weighted by Crippen LogP contribution is -2.35. The van der Waals surface area contributed by atoms with Crippen LogP contribution in [-0.4, -0.2) is 51.3 Å². The van der Waals surface area contributed by atoms with Crippen LogP contribution in [-0.2, 0) is 11.3 Å². The molecule has 2 rings (SSSR count). The summed E-state index contributed by atoms with van der Waals surface area (Å²) in [6.07, 6.45) is 2.11. The van der Waals surface area contributed by atoms with Crippen LogP contribution < -0.4 is 5.32 Å². The van der Waals surface area contributed by atoms with Crippen molar-refractivity contribution in [3.8, 4) is 0 Å². The van der Waals surface area contributed by atoms with E-state index in [4.69, 9.17) is 9.84 Å². The van der Waals surface area contributed by atoms with Crippen LogP contribution in [0.15, 0.2) is 12.4 Å². The Hall–Kier alpha value is -1.89. The number of nitrogens with one attached hydrogen (secondary N) is 1. The molecule has 2 N–H and O–H groups in total. The van der Waals surface area contributed by atoms with Crippen molar-refractivity contribution in [1.29, 1.82) is 0 Å². The van der Waals surface area contributed by atoms with Crippen LogP contribution in [0.3, 0.4) is 0 Å². The zero-order valence-corrected chi connectivity index (χ0v) is 13.4. The molecule has 1 aromatic heterocycles. The fraction of sp³-hybridized carbons (Fsp3) is 0.667. The number of aliphatic hydroxyl groups is 1. The van der Waals surface area contributed by atoms with E-state index in [1.54, 1.807) is 11.0 Å². The lowest BCUT2D eigenvalue weighted by molar-refractivity contribution is 0.0289. The van der Waals surface area contributed by atoms with Crippen molar-refractivity contribution >= 4 is 11.9 Å². The molecule has 0 saturated carbocycles. The zero-order chi connectivity index (χ0) is 16.2. The van der Waals surface area contributed by atoms with Gasteiger partial charge in [0.05, 0.1) is 12.3 Å². The van der Waals surface area contributed by atoms with Gasteiger partial charge in [-0.25, -0.2) is 14.8 Å². The number of carbonyl (C=O) groups excluding carboxylic acids is 1. The first-order chi connectivity index (χ1) is 10.4. The second kappa shape index (κ2) is 6.91. The largest absolute Gasteiger partial charge is 0.444 e. The minimum atomic E-state index is -0.463. The number of aromatic nitrogens is 2. The molecule has 1 saturated heterocycles. The van der Waals surface area contributed by atoms with Gasteiger partial charge in [-0.2, -0.15) is 0 Å². The van der Waals surface area contributed by atoms with E-state index >= 15 is 0 Å². The Labute approximate surface area is 130 Å². The molecule has 7 heteroatoms.